The van der Waals surface area contributed by atoms with Gasteiger partial charge in [-0.15, -0.1) is 28.3 Å². The van der Waals surface area contributed by atoms with Crippen LogP contribution in [0.25, 0.3) is 5.69 Å². The van der Waals surface area contributed by atoms with E-state index in [4.69, 9.17) is 58.8 Å². The standard InChI is InChI=1S/C15H14Cl2F3N3O3.C15H22ClNO2.C15H12F3NO4S.C3H8NO5P.C3H9S/c1-3-26-13(24)10(17)4-8-5-12(11(18)6-9(8)16)23-15(25)22(14(19)20)7(2)21-23;1-5-13-8-6-7-11(2)15(13)17(14(18)9-16)12(3)10-19-4;1-24(21,22)12-6-9(15(16,17)18)4-5-10(12)13(20)11-7-19-23-14(11)8-2-3-8;5-3(6)1-4-2-10(7,8)9;1-4(2)3/h5-6,10,14H,3-4H2,1-2H3;6-8,12H,5,9-10H2,1-4H3;4-8H,2-3H2,1H3;4H,1-2H2,(H,5,6)(H2,7,8,9);1-3H3/q;;;;+1/p-1. The number of carbonyl (C=O) groups excluding carboxylic acids is 3. The number of benzene rings is 3. The summed E-state index contributed by atoms with van der Waals surface area (Å²) in [5.74, 6) is -3.53. The van der Waals surface area contributed by atoms with Gasteiger partial charge in [0.25, 0.3) is 0 Å². The van der Waals surface area contributed by atoms with Crippen LogP contribution >= 0.6 is 42.4 Å². The number of rotatable bonds is 20. The summed E-state index contributed by atoms with van der Waals surface area (Å²) in [5.41, 5.74) is 0.474. The van der Waals surface area contributed by atoms with E-state index < -0.39 is 88.1 Å². The number of nitrogens with zero attached hydrogens (tertiary/aromatic N) is 5. The van der Waals surface area contributed by atoms with E-state index in [-0.39, 0.29) is 74.6 Å². The molecule has 3 aromatic carbocycles. The summed E-state index contributed by atoms with van der Waals surface area (Å²) < 4.78 is 128. The zero-order valence-electron chi connectivity index (χ0n) is 46.6. The van der Waals surface area contributed by atoms with Gasteiger partial charge in [-0.3, -0.25) is 24.5 Å². The van der Waals surface area contributed by atoms with Crippen LogP contribution < -0.4 is 20.8 Å². The quantitative estimate of drug-likeness (QED) is 0.0165. The monoisotopic (exact) mass is 1300 g/mol. The first-order chi connectivity index (χ1) is 38.5. The first kappa shape index (κ1) is 73.8. The highest BCUT2D eigenvalue weighted by Crippen LogP contribution is 2.42. The third-order valence-electron chi connectivity index (χ3n) is 11.0. The Morgan fingerprint density at radius 3 is 2.14 bits per heavy atom. The van der Waals surface area contributed by atoms with Crippen molar-refractivity contribution in [2.24, 2.45) is 0 Å². The summed E-state index contributed by atoms with van der Waals surface area (Å²) in [6.07, 6.45) is 5.49. The van der Waals surface area contributed by atoms with Crippen LogP contribution in [-0.2, 0) is 68.2 Å². The lowest BCUT2D eigenvalue weighted by Gasteiger charge is -2.31. The highest BCUT2D eigenvalue weighted by molar-refractivity contribution is 7.94. The summed E-state index contributed by atoms with van der Waals surface area (Å²) in [7, 11) is -6.11. The summed E-state index contributed by atoms with van der Waals surface area (Å²) in [6, 6.07) is 10.1. The van der Waals surface area contributed by atoms with Crippen LogP contribution in [0.5, 0.6) is 0 Å². The predicted octanol–water partition coefficient (Wildman–Crippen LogP) is 8.27. The van der Waals surface area contributed by atoms with E-state index in [1.807, 2.05) is 31.3 Å². The number of anilines is 1. The second-order valence-electron chi connectivity index (χ2n) is 18.4. The number of aromatic nitrogens is 4. The number of hydrogen-bond acceptors (Lipinski definition) is 15. The molecule has 2 heterocycles. The Morgan fingerprint density at radius 1 is 1.05 bits per heavy atom. The number of amides is 1. The van der Waals surface area contributed by atoms with E-state index in [1.54, 1.807) is 18.9 Å². The van der Waals surface area contributed by atoms with Gasteiger partial charge in [0.1, 0.15) is 30.4 Å². The van der Waals surface area contributed by atoms with Gasteiger partial charge in [0.15, 0.2) is 27.2 Å². The number of aliphatic carboxylic acids is 1. The molecule has 32 heteroatoms. The number of ketones is 1. The van der Waals surface area contributed by atoms with Crippen LogP contribution in [-0.4, -0.2) is 137 Å². The topological polar surface area (TPSA) is 283 Å². The normalized spacial score (nSPS) is 13.6. The van der Waals surface area contributed by atoms with E-state index in [0.29, 0.717) is 40.1 Å². The minimum absolute atomic E-state index is 0.0223. The predicted molar refractivity (Wildman–Crippen MR) is 301 cm³/mol. The molecule has 1 amide bonds. The van der Waals surface area contributed by atoms with E-state index in [9.17, 15) is 68.2 Å². The molecule has 2 aromatic heterocycles. The van der Waals surface area contributed by atoms with Crippen molar-refractivity contribution in [2.45, 2.75) is 95.3 Å². The largest absolute Gasteiger partial charge is 0.778 e. The fourth-order valence-electron chi connectivity index (χ4n) is 7.29. The van der Waals surface area contributed by atoms with Crippen LogP contribution in [0.15, 0.2) is 68.9 Å². The molecule has 1 fully saturated rings. The highest BCUT2D eigenvalue weighted by atomic mass is 35.5. The zero-order valence-corrected chi connectivity index (χ0v) is 51.4. The molecule has 6 rings (SSSR count). The Kier molecular flexibility index (Phi) is 29.7. The van der Waals surface area contributed by atoms with Crippen molar-refractivity contribution >= 4 is 92.4 Å². The number of carboxylic acid groups (broad SMARTS) is 1. The summed E-state index contributed by atoms with van der Waals surface area (Å²) in [6.45, 7) is 5.89. The van der Waals surface area contributed by atoms with Gasteiger partial charge in [-0.25, -0.2) is 22.2 Å². The number of ether oxygens (including phenoxy) is 2. The van der Waals surface area contributed by atoms with Crippen LogP contribution in [0.4, 0.5) is 32.0 Å². The molecule has 3 atom stereocenters. The molecule has 1 aliphatic rings. The maximum absolute atomic E-state index is 14.2. The minimum atomic E-state index is -4.71. The Hall–Kier alpha value is -5.29. The summed E-state index contributed by atoms with van der Waals surface area (Å²) in [4.78, 5) is 77.4. The number of hydrogen-bond donors (Lipinski definition) is 3. The Bertz CT molecular complexity index is 3230. The molecule has 3 unspecified atom stereocenters. The van der Waals surface area contributed by atoms with Crippen LogP contribution in [0.1, 0.15) is 95.8 Å². The number of carboxylic acids is 1. The van der Waals surface area contributed by atoms with Gasteiger partial charge in [0.05, 0.1) is 78.8 Å². The van der Waals surface area contributed by atoms with Gasteiger partial charge in [-0.1, -0.05) is 41.9 Å². The second kappa shape index (κ2) is 33.4. The van der Waals surface area contributed by atoms with Crippen molar-refractivity contribution in [3.05, 3.63) is 121 Å². The van der Waals surface area contributed by atoms with Crippen molar-refractivity contribution in [3.8, 4) is 5.69 Å². The van der Waals surface area contributed by atoms with Crippen molar-refractivity contribution < 1.29 is 87.4 Å². The number of methoxy groups -OCH3 is 1. The smallest absolute Gasteiger partial charge is 0.416 e. The second-order valence-corrected chi connectivity index (χ2v) is 25.6. The molecule has 3 N–H and O–H groups in total. The van der Waals surface area contributed by atoms with Gasteiger partial charge in [0.2, 0.25) is 5.91 Å². The maximum Gasteiger partial charge on any atom is 0.416 e. The Labute approximate surface area is 493 Å². The molecule has 1 aliphatic carbocycles. The van der Waals surface area contributed by atoms with Gasteiger partial charge in [-0.05, 0) is 105 Å². The Balaban J connectivity index is 0.000000384. The van der Waals surface area contributed by atoms with E-state index in [0.717, 1.165) is 60.5 Å². The van der Waals surface area contributed by atoms with Crippen molar-refractivity contribution in [1.29, 1.82) is 0 Å². The molecule has 5 aromatic rings. The van der Waals surface area contributed by atoms with Crippen LogP contribution in [0.3, 0.4) is 0 Å². The molecule has 20 nitrogen and oxygen atoms in total. The fraction of sp³-hybridized carbons (Fsp3) is 0.471. The number of nitrogens with one attached hydrogen (secondary N) is 1. The van der Waals surface area contributed by atoms with Crippen molar-refractivity contribution in [2.75, 3.05) is 69.0 Å². The highest BCUT2D eigenvalue weighted by Gasteiger charge is 2.36. The number of alkyl halides is 7. The average molecular weight is 1300 g/mol. The molecule has 462 valence electrons. The number of halogens is 9. The third kappa shape index (κ3) is 23.2. The average Bonchev–Trinajstić information content (AvgIpc) is 4.19. The van der Waals surface area contributed by atoms with E-state index in [2.05, 4.69) is 42.0 Å². The number of aryl methyl sites for hydroxylation is 3. The zero-order chi connectivity index (χ0) is 63.5. The molecule has 0 spiro atoms. The molecule has 0 bridgehead atoms. The van der Waals surface area contributed by atoms with Crippen LogP contribution in [0.2, 0.25) is 5.02 Å². The molecular weight excluding hydrogens is 1240 g/mol. The van der Waals surface area contributed by atoms with Gasteiger partial charge >= 0.3 is 30.4 Å². The molecule has 1 saturated carbocycles. The van der Waals surface area contributed by atoms with E-state index in [1.165, 1.54) is 13.1 Å². The van der Waals surface area contributed by atoms with Gasteiger partial charge in [0, 0.05) is 36.3 Å². The van der Waals surface area contributed by atoms with Crippen LogP contribution in [0, 0.1) is 19.7 Å². The summed E-state index contributed by atoms with van der Waals surface area (Å²) in [5, 5.41) is 16.0. The number of carbonyl (C=O) groups is 4. The first-order valence-corrected chi connectivity index (χ1v) is 32.0. The van der Waals surface area contributed by atoms with Crippen molar-refractivity contribution in [1.82, 2.24) is 24.8 Å². The van der Waals surface area contributed by atoms with Gasteiger partial charge in [-0.2, -0.15) is 26.6 Å². The number of para-hydroxylation sites is 1. The van der Waals surface area contributed by atoms with Gasteiger partial charge < -0.3 is 38.4 Å². The molecule has 0 aliphatic heterocycles. The maximum atomic E-state index is 14.2. The summed E-state index contributed by atoms with van der Waals surface area (Å²) >= 11 is 17.7. The number of sulfone groups is 1. The minimum Gasteiger partial charge on any atom is -0.778 e. The molecule has 83 heavy (non-hydrogen) atoms. The fourth-order valence-corrected chi connectivity index (χ4v) is 9.17. The lowest BCUT2D eigenvalue weighted by molar-refractivity contribution is -0.193. The SMILES string of the molecule is CCOC(=O)C(Cl)Cc1cc(-n2nc(C)n(C(F)F)c2=O)c(F)cc1Cl.CCc1cccc(C)c1N(C(=O)CCl)C(C)COC.CS(=O)(=O)c1cc(C(F)(F)F)ccc1C(=O)c1cnoc1C1CC1.C[S+](C)C.O=C(O)CNCP(=O)([O-])O. The lowest BCUT2D eigenvalue weighted by atomic mass is 10.0. The Morgan fingerprint density at radius 2 is 1.66 bits per heavy atom. The lowest BCUT2D eigenvalue weighted by Crippen LogP contribution is -2.43. The van der Waals surface area contributed by atoms with Crippen molar-refractivity contribution in [3.63, 3.8) is 0 Å². The molecule has 0 radical (unpaired) electrons. The molecular formula is C51H64Cl3F6N6O14PS2. The molecule has 0 saturated heterocycles. The first-order valence-electron chi connectivity index (χ1n) is 24.5. The third-order valence-corrected chi connectivity index (χ3v) is 13.6. The van der Waals surface area contributed by atoms with E-state index >= 15 is 0 Å². The number of esters is 1.